The molecule has 1 unspecified atom stereocenters. The zero-order valence-electron chi connectivity index (χ0n) is 19.4. The Bertz CT molecular complexity index is 1060. The highest BCUT2D eigenvalue weighted by Gasteiger charge is 2.50. The predicted molar refractivity (Wildman–Crippen MR) is 124 cm³/mol. The number of rotatable bonds is 5. The van der Waals surface area contributed by atoms with Crippen molar-refractivity contribution in [1.82, 2.24) is 10.2 Å². The van der Waals surface area contributed by atoms with Gasteiger partial charge in [0.15, 0.2) is 0 Å². The molecule has 0 aromatic heterocycles. The highest BCUT2D eigenvalue weighted by Crippen LogP contribution is 2.44. The first-order valence-corrected chi connectivity index (χ1v) is 11.2. The molecule has 174 valence electrons. The van der Waals surface area contributed by atoms with Crippen LogP contribution in [0.3, 0.4) is 0 Å². The molecule has 1 fully saturated rings. The number of nitrogens with zero attached hydrogens (tertiary/aromatic N) is 1. The normalized spacial score (nSPS) is 19.0. The van der Waals surface area contributed by atoms with E-state index in [1.54, 1.807) is 13.8 Å². The first-order valence-electron chi connectivity index (χ1n) is 11.2. The number of carboxylic acid groups (broad SMARTS) is 1. The van der Waals surface area contributed by atoms with Gasteiger partial charge in [-0.2, -0.15) is 0 Å². The van der Waals surface area contributed by atoms with E-state index in [0.29, 0.717) is 13.0 Å². The van der Waals surface area contributed by atoms with E-state index in [4.69, 9.17) is 4.74 Å². The van der Waals surface area contributed by atoms with Gasteiger partial charge in [-0.15, -0.1) is 0 Å². The fraction of sp³-hybridized carbons (Fsp3) is 0.423. The van der Waals surface area contributed by atoms with Crippen LogP contribution in [-0.4, -0.2) is 52.7 Å². The summed E-state index contributed by atoms with van der Waals surface area (Å²) in [5, 5.41) is 12.3. The van der Waals surface area contributed by atoms with Gasteiger partial charge in [-0.3, -0.25) is 4.79 Å². The van der Waals surface area contributed by atoms with Crippen molar-refractivity contribution in [1.29, 1.82) is 0 Å². The van der Waals surface area contributed by atoms with E-state index in [-0.39, 0.29) is 12.5 Å². The highest BCUT2D eigenvalue weighted by atomic mass is 16.5. The number of carbonyl (C=O) groups is 3. The largest absolute Gasteiger partial charge is 0.480 e. The number of aliphatic carboxylic acids is 1. The van der Waals surface area contributed by atoms with E-state index in [1.807, 2.05) is 50.2 Å². The minimum absolute atomic E-state index is 0.0854. The smallest absolute Gasteiger partial charge is 0.408 e. The second-order valence-corrected chi connectivity index (χ2v) is 10.1. The average molecular weight is 451 g/mol. The molecule has 2 aromatic rings. The summed E-state index contributed by atoms with van der Waals surface area (Å²) in [6.45, 7) is 7.29. The molecule has 1 heterocycles. The number of amides is 2. The highest BCUT2D eigenvalue weighted by molar-refractivity contribution is 5.93. The van der Waals surface area contributed by atoms with Gasteiger partial charge in [0, 0.05) is 12.5 Å². The molecule has 2 amide bonds. The van der Waals surface area contributed by atoms with Crippen LogP contribution in [0.5, 0.6) is 0 Å². The molecule has 2 aromatic carbocycles. The molecule has 1 saturated heterocycles. The molecule has 0 spiro atoms. The maximum Gasteiger partial charge on any atom is 0.408 e. The standard InChI is InChI=1S/C26H30N2O5/c1-25(2)13-14-28(21(25)22(29)30)23(31)26(3,4)27-24(32)33-15-20-18-11-7-5-9-16(18)17-10-6-8-12-19(17)20/h5-12,20-21H,13-15H2,1-4H3,(H,27,32)(H,29,30). The number of carboxylic acids is 1. The molecular weight excluding hydrogens is 420 g/mol. The lowest BCUT2D eigenvalue weighted by molar-refractivity contribution is -0.153. The molecule has 2 aliphatic rings. The van der Waals surface area contributed by atoms with Crippen molar-refractivity contribution < 1.29 is 24.2 Å². The van der Waals surface area contributed by atoms with Crippen LogP contribution in [0.2, 0.25) is 0 Å². The second kappa shape index (κ2) is 8.21. The molecule has 33 heavy (non-hydrogen) atoms. The Morgan fingerprint density at radius 2 is 1.61 bits per heavy atom. The van der Waals surface area contributed by atoms with E-state index in [9.17, 15) is 19.5 Å². The number of carbonyl (C=O) groups excluding carboxylic acids is 2. The van der Waals surface area contributed by atoms with Crippen LogP contribution in [0.15, 0.2) is 48.5 Å². The minimum atomic E-state index is -1.31. The molecule has 1 aliphatic heterocycles. The lowest BCUT2D eigenvalue weighted by Crippen LogP contribution is -2.59. The van der Waals surface area contributed by atoms with Gasteiger partial charge in [0.2, 0.25) is 5.91 Å². The van der Waals surface area contributed by atoms with Crippen molar-refractivity contribution in [2.75, 3.05) is 13.2 Å². The quantitative estimate of drug-likeness (QED) is 0.717. The van der Waals surface area contributed by atoms with Crippen molar-refractivity contribution in [2.45, 2.75) is 51.6 Å². The Morgan fingerprint density at radius 3 is 2.15 bits per heavy atom. The Kier molecular flexibility index (Phi) is 5.68. The van der Waals surface area contributed by atoms with Gasteiger partial charge < -0.3 is 20.1 Å². The van der Waals surface area contributed by atoms with Crippen molar-refractivity contribution in [3.8, 4) is 11.1 Å². The fourth-order valence-corrected chi connectivity index (χ4v) is 5.08. The first-order chi connectivity index (χ1) is 15.5. The van der Waals surface area contributed by atoms with E-state index in [1.165, 1.54) is 4.90 Å². The number of alkyl carbamates (subject to hydrolysis) is 1. The maximum atomic E-state index is 13.2. The van der Waals surface area contributed by atoms with E-state index in [0.717, 1.165) is 22.3 Å². The molecular formula is C26H30N2O5. The third kappa shape index (κ3) is 4.08. The van der Waals surface area contributed by atoms with Crippen molar-refractivity contribution in [3.05, 3.63) is 59.7 Å². The SMILES string of the molecule is CC(C)(NC(=O)OCC1c2ccccc2-c2ccccc21)C(=O)N1CCC(C)(C)C1C(=O)O. The van der Waals surface area contributed by atoms with Gasteiger partial charge >= 0.3 is 12.1 Å². The number of nitrogens with one attached hydrogen (secondary N) is 1. The molecule has 2 N–H and O–H groups in total. The Morgan fingerprint density at radius 1 is 1.06 bits per heavy atom. The van der Waals surface area contributed by atoms with Crippen LogP contribution < -0.4 is 5.32 Å². The molecule has 1 aliphatic carbocycles. The van der Waals surface area contributed by atoms with E-state index < -0.39 is 35.0 Å². The second-order valence-electron chi connectivity index (χ2n) is 10.1. The summed E-state index contributed by atoms with van der Waals surface area (Å²) in [6.07, 6.45) is -0.128. The summed E-state index contributed by atoms with van der Waals surface area (Å²) >= 11 is 0. The van der Waals surface area contributed by atoms with Crippen LogP contribution in [0.25, 0.3) is 11.1 Å². The number of likely N-dealkylation sites (tertiary alicyclic amines) is 1. The molecule has 4 rings (SSSR count). The van der Waals surface area contributed by atoms with Crippen LogP contribution in [0.4, 0.5) is 4.79 Å². The molecule has 7 nitrogen and oxygen atoms in total. The van der Waals surface area contributed by atoms with Crippen molar-refractivity contribution >= 4 is 18.0 Å². The van der Waals surface area contributed by atoms with Crippen LogP contribution in [0.1, 0.15) is 51.2 Å². The van der Waals surface area contributed by atoms with Gasteiger partial charge in [0.05, 0.1) is 0 Å². The molecule has 0 bridgehead atoms. The van der Waals surface area contributed by atoms with Gasteiger partial charge in [-0.05, 0) is 47.9 Å². The Balaban J connectivity index is 1.44. The summed E-state index contributed by atoms with van der Waals surface area (Å²) in [6, 6.07) is 15.2. The number of fused-ring (bicyclic) bond motifs is 3. The van der Waals surface area contributed by atoms with Gasteiger partial charge in [0.1, 0.15) is 18.2 Å². The lowest BCUT2D eigenvalue weighted by atomic mass is 9.84. The third-order valence-corrected chi connectivity index (χ3v) is 6.84. The Labute approximate surface area is 193 Å². The predicted octanol–water partition coefficient (Wildman–Crippen LogP) is 4.02. The topological polar surface area (TPSA) is 95.9 Å². The summed E-state index contributed by atoms with van der Waals surface area (Å²) in [4.78, 5) is 39.0. The summed E-state index contributed by atoms with van der Waals surface area (Å²) in [5.41, 5.74) is 2.62. The molecule has 0 saturated carbocycles. The monoisotopic (exact) mass is 450 g/mol. The minimum Gasteiger partial charge on any atom is -0.480 e. The average Bonchev–Trinajstić information content (AvgIpc) is 3.25. The number of hydrogen-bond donors (Lipinski definition) is 2. The van der Waals surface area contributed by atoms with Crippen molar-refractivity contribution in [3.63, 3.8) is 0 Å². The number of benzene rings is 2. The molecule has 7 heteroatoms. The van der Waals surface area contributed by atoms with Gasteiger partial charge in [0.25, 0.3) is 0 Å². The van der Waals surface area contributed by atoms with Crippen LogP contribution in [0, 0.1) is 5.41 Å². The fourth-order valence-electron chi connectivity index (χ4n) is 5.08. The first kappa shape index (κ1) is 22.8. The van der Waals surface area contributed by atoms with Crippen LogP contribution in [-0.2, 0) is 14.3 Å². The number of hydrogen-bond acceptors (Lipinski definition) is 4. The Hall–Kier alpha value is -3.35. The summed E-state index contributed by atoms with van der Waals surface area (Å²) in [5.74, 6) is -1.56. The van der Waals surface area contributed by atoms with Gasteiger partial charge in [-0.25, -0.2) is 9.59 Å². The molecule has 0 radical (unpaired) electrons. The summed E-state index contributed by atoms with van der Waals surface area (Å²) < 4.78 is 5.57. The number of ether oxygens (including phenoxy) is 1. The zero-order chi connectivity index (χ0) is 24.0. The lowest BCUT2D eigenvalue weighted by Gasteiger charge is -2.34. The summed E-state index contributed by atoms with van der Waals surface area (Å²) in [7, 11) is 0. The van der Waals surface area contributed by atoms with Crippen molar-refractivity contribution in [2.24, 2.45) is 5.41 Å². The maximum absolute atomic E-state index is 13.2. The zero-order valence-corrected chi connectivity index (χ0v) is 19.4. The third-order valence-electron chi connectivity index (χ3n) is 6.84. The van der Waals surface area contributed by atoms with Crippen LogP contribution >= 0.6 is 0 Å². The molecule has 1 atom stereocenters. The van der Waals surface area contributed by atoms with Gasteiger partial charge in [-0.1, -0.05) is 62.4 Å². The van der Waals surface area contributed by atoms with E-state index in [2.05, 4.69) is 17.4 Å². The van der Waals surface area contributed by atoms with E-state index >= 15 is 0 Å².